The summed E-state index contributed by atoms with van der Waals surface area (Å²) < 4.78 is 3.74. The topological polar surface area (TPSA) is 33.6 Å². The molecule has 0 spiro atoms. The second-order valence-electron chi connectivity index (χ2n) is 3.91. The largest absolute Gasteiger partial charge is 0.272 e. The van der Waals surface area contributed by atoms with E-state index in [2.05, 4.69) is 46.0 Å². The van der Waals surface area contributed by atoms with Gasteiger partial charge in [-0.1, -0.05) is 28.9 Å². The SMILES string of the molecule is CCCc1n[nH]c(=S)n1-c1cccc(Br)c1C. The van der Waals surface area contributed by atoms with Crippen molar-refractivity contribution in [1.82, 2.24) is 14.8 Å². The molecule has 0 fully saturated rings. The Morgan fingerprint density at radius 1 is 1.47 bits per heavy atom. The van der Waals surface area contributed by atoms with Gasteiger partial charge in [0.2, 0.25) is 0 Å². The summed E-state index contributed by atoms with van der Waals surface area (Å²) in [6, 6.07) is 6.10. The molecule has 0 saturated heterocycles. The molecule has 0 bridgehead atoms. The predicted molar refractivity (Wildman–Crippen MR) is 75.2 cm³/mol. The van der Waals surface area contributed by atoms with Crippen molar-refractivity contribution in [3.8, 4) is 5.69 Å². The van der Waals surface area contributed by atoms with Gasteiger partial charge >= 0.3 is 0 Å². The van der Waals surface area contributed by atoms with Gasteiger partial charge in [-0.3, -0.25) is 9.67 Å². The van der Waals surface area contributed by atoms with Crippen LogP contribution in [-0.2, 0) is 6.42 Å². The number of halogens is 1. The third-order valence-corrected chi connectivity index (χ3v) is 3.83. The Hall–Kier alpha value is -0.940. The lowest BCUT2D eigenvalue weighted by atomic mass is 10.2. The Balaban J connectivity index is 2.63. The molecule has 0 unspecified atom stereocenters. The van der Waals surface area contributed by atoms with Gasteiger partial charge in [-0.05, 0) is 43.3 Å². The zero-order valence-electron chi connectivity index (χ0n) is 9.83. The number of nitrogens with one attached hydrogen (secondary N) is 1. The number of aryl methyl sites for hydroxylation is 1. The van der Waals surface area contributed by atoms with Crippen LogP contribution in [0.15, 0.2) is 22.7 Å². The molecule has 1 N–H and O–H groups in total. The van der Waals surface area contributed by atoms with E-state index >= 15 is 0 Å². The lowest BCUT2D eigenvalue weighted by molar-refractivity contribution is 0.799. The van der Waals surface area contributed by atoms with Crippen LogP contribution in [0.2, 0.25) is 0 Å². The van der Waals surface area contributed by atoms with Gasteiger partial charge in [-0.15, -0.1) is 0 Å². The minimum atomic E-state index is 0.648. The molecule has 0 aliphatic rings. The maximum Gasteiger partial charge on any atom is 0.199 e. The first-order valence-electron chi connectivity index (χ1n) is 5.57. The van der Waals surface area contributed by atoms with Crippen molar-refractivity contribution in [3.05, 3.63) is 38.8 Å². The van der Waals surface area contributed by atoms with E-state index in [0.29, 0.717) is 4.77 Å². The average Bonchev–Trinajstić information content (AvgIpc) is 2.65. The van der Waals surface area contributed by atoms with Crippen LogP contribution in [0.5, 0.6) is 0 Å². The Morgan fingerprint density at radius 2 is 2.24 bits per heavy atom. The summed E-state index contributed by atoms with van der Waals surface area (Å²) in [5.74, 6) is 0.985. The molecule has 0 saturated carbocycles. The number of aromatic nitrogens is 3. The average molecular weight is 312 g/mol. The van der Waals surface area contributed by atoms with E-state index < -0.39 is 0 Å². The summed E-state index contributed by atoms with van der Waals surface area (Å²) in [4.78, 5) is 0. The van der Waals surface area contributed by atoms with Crippen LogP contribution in [0, 0.1) is 11.7 Å². The predicted octanol–water partition coefficient (Wildman–Crippen LogP) is 3.95. The molecule has 2 aromatic rings. The van der Waals surface area contributed by atoms with Gasteiger partial charge in [-0.25, -0.2) is 0 Å². The molecule has 0 aliphatic heterocycles. The highest BCUT2D eigenvalue weighted by Crippen LogP contribution is 2.23. The highest BCUT2D eigenvalue weighted by Gasteiger charge is 2.10. The maximum absolute atomic E-state index is 5.30. The van der Waals surface area contributed by atoms with Gasteiger partial charge in [0.05, 0.1) is 5.69 Å². The molecular weight excluding hydrogens is 298 g/mol. The fourth-order valence-corrected chi connectivity index (χ4v) is 2.41. The molecule has 17 heavy (non-hydrogen) atoms. The lowest BCUT2D eigenvalue weighted by Gasteiger charge is -2.10. The zero-order valence-corrected chi connectivity index (χ0v) is 12.2. The second-order valence-corrected chi connectivity index (χ2v) is 5.16. The Bertz CT molecular complexity index is 586. The van der Waals surface area contributed by atoms with E-state index in [1.165, 1.54) is 5.56 Å². The van der Waals surface area contributed by atoms with Gasteiger partial charge < -0.3 is 0 Å². The van der Waals surface area contributed by atoms with Crippen molar-refractivity contribution in [2.45, 2.75) is 26.7 Å². The van der Waals surface area contributed by atoms with Crippen molar-refractivity contribution < 1.29 is 0 Å². The molecule has 3 nitrogen and oxygen atoms in total. The van der Waals surface area contributed by atoms with Crippen LogP contribution >= 0.6 is 28.1 Å². The van der Waals surface area contributed by atoms with Gasteiger partial charge in [0.15, 0.2) is 4.77 Å². The third kappa shape index (κ3) is 2.35. The molecule has 0 amide bonds. The highest BCUT2D eigenvalue weighted by molar-refractivity contribution is 9.10. The van der Waals surface area contributed by atoms with E-state index in [4.69, 9.17) is 12.2 Å². The zero-order chi connectivity index (χ0) is 12.4. The first-order valence-corrected chi connectivity index (χ1v) is 6.77. The highest BCUT2D eigenvalue weighted by atomic mass is 79.9. The van der Waals surface area contributed by atoms with E-state index in [-0.39, 0.29) is 0 Å². The summed E-state index contributed by atoms with van der Waals surface area (Å²) in [6.07, 6.45) is 1.96. The summed E-state index contributed by atoms with van der Waals surface area (Å²) in [5, 5.41) is 7.15. The van der Waals surface area contributed by atoms with Crippen molar-refractivity contribution in [2.75, 3.05) is 0 Å². The molecule has 0 radical (unpaired) electrons. The number of nitrogens with zero attached hydrogens (tertiary/aromatic N) is 2. The van der Waals surface area contributed by atoms with Gasteiger partial charge in [-0.2, -0.15) is 5.10 Å². The Morgan fingerprint density at radius 3 is 2.94 bits per heavy atom. The number of hydrogen-bond donors (Lipinski definition) is 1. The number of hydrogen-bond acceptors (Lipinski definition) is 2. The normalized spacial score (nSPS) is 10.8. The smallest absolute Gasteiger partial charge is 0.199 e. The minimum Gasteiger partial charge on any atom is -0.272 e. The molecular formula is C12H14BrN3S. The molecule has 1 aromatic carbocycles. The molecule has 5 heteroatoms. The van der Waals surface area contributed by atoms with Gasteiger partial charge in [0.25, 0.3) is 0 Å². The number of H-pyrrole nitrogens is 1. The molecule has 2 rings (SSSR count). The van der Waals surface area contributed by atoms with Crippen LogP contribution < -0.4 is 0 Å². The summed E-state index contributed by atoms with van der Waals surface area (Å²) in [5.41, 5.74) is 2.25. The fraction of sp³-hybridized carbons (Fsp3) is 0.333. The van der Waals surface area contributed by atoms with Crippen molar-refractivity contribution >= 4 is 28.1 Å². The summed E-state index contributed by atoms with van der Waals surface area (Å²) in [7, 11) is 0. The lowest BCUT2D eigenvalue weighted by Crippen LogP contribution is -2.03. The van der Waals surface area contributed by atoms with Crippen LogP contribution in [0.25, 0.3) is 5.69 Å². The van der Waals surface area contributed by atoms with Crippen LogP contribution in [0.4, 0.5) is 0 Å². The third-order valence-electron chi connectivity index (χ3n) is 2.70. The Labute approximate surface area is 114 Å². The van der Waals surface area contributed by atoms with Crippen molar-refractivity contribution in [1.29, 1.82) is 0 Å². The monoisotopic (exact) mass is 311 g/mol. The quantitative estimate of drug-likeness (QED) is 0.871. The standard InChI is InChI=1S/C12H14BrN3S/c1-3-5-11-14-15-12(17)16(11)10-7-4-6-9(13)8(10)2/h4,6-7H,3,5H2,1-2H3,(H,15,17). The first kappa shape index (κ1) is 12.5. The molecule has 0 aliphatic carbocycles. The molecule has 90 valence electrons. The van der Waals surface area contributed by atoms with Gasteiger partial charge in [0.1, 0.15) is 5.82 Å². The number of benzene rings is 1. The number of aromatic amines is 1. The van der Waals surface area contributed by atoms with Crippen LogP contribution in [0.1, 0.15) is 24.7 Å². The maximum atomic E-state index is 5.30. The molecule has 0 atom stereocenters. The van der Waals surface area contributed by atoms with Crippen molar-refractivity contribution in [2.24, 2.45) is 0 Å². The van der Waals surface area contributed by atoms with Crippen molar-refractivity contribution in [3.63, 3.8) is 0 Å². The molecule has 1 heterocycles. The number of rotatable bonds is 3. The summed E-state index contributed by atoms with van der Waals surface area (Å²) >= 11 is 8.84. The van der Waals surface area contributed by atoms with Crippen LogP contribution in [0.3, 0.4) is 0 Å². The van der Waals surface area contributed by atoms with E-state index in [9.17, 15) is 0 Å². The second kappa shape index (κ2) is 5.14. The Kier molecular flexibility index (Phi) is 3.79. The fourth-order valence-electron chi connectivity index (χ4n) is 1.81. The van der Waals surface area contributed by atoms with Gasteiger partial charge in [0, 0.05) is 10.9 Å². The van der Waals surface area contributed by atoms with E-state index in [1.54, 1.807) is 0 Å². The first-order chi connectivity index (χ1) is 8.15. The van der Waals surface area contributed by atoms with Crippen LogP contribution in [-0.4, -0.2) is 14.8 Å². The van der Waals surface area contributed by atoms with E-state index in [1.807, 2.05) is 16.7 Å². The molecule has 1 aromatic heterocycles. The van der Waals surface area contributed by atoms with E-state index in [0.717, 1.165) is 28.8 Å². The minimum absolute atomic E-state index is 0.648. The summed E-state index contributed by atoms with van der Waals surface area (Å²) in [6.45, 7) is 4.21.